The standard InChI is InChI=1S/C25H29NO5S/c1-24(2,3)16-10-15(11-17(22(16)30)25(4,5)14-27)12-20-23(31)26(13-21(28)29)18-8-6-7-9-19(18)32-20/h6-12,27,30H,13-14H2,1-5H3,(H,28,29). The van der Waals surface area contributed by atoms with Crippen molar-refractivity contribution in [3.05, 3.63) is 58.0 Å². The number of benzene rings is 2. The number of carboxylic acid groups (broad SMARTS) is 1. The van der Waals surface area contributed by atoms with Gasteiger partial charge in [0.1, 0.15) is 12.3 Å². The molecule has 0 unspecified atom stereocenters. The van der Waals surface area contributed by atoms with Crippen molar-refractivity contribution in [1.82, 2.24) is 0 Å². The van der Waals surface area contributed by atoms with E-state index in [1.807, 2.05) is 52.8 Å². The molecular weight excluding hydrogens is 426 g/mol. The second-order valence-corrected chi connectivity index (χ2v) is 10.7. The molecule has 1 aliphatic rings. The van der Waals surface area contributed by atoms with Gasteiger partial charge in [-0.3, -0.25) is 14.5 Å². The fraction of sp³-hybridized carbons (Fsp3) is 0.360. The molecule has 1 aliphatic heterocycles. The first kappa shape index (κ1) is 23.9. The minimum atomic E-state index is -1.09. The number of carbonyl (C=O) groups excluding carboxylic acids is 1. The number of nitrogens with zero attached hydrogens (tertiary/aromatic N) is 1. The number of carboxylic acids is 1. The summed E-state index contributed by atoms with van der Waals surface area (Å²) >= 11 is 1.29. The Morgan fingerprint density at radius 3 is 2.31 bits per heavy atom. The van der Waals surface area contributed by atoms with Crippen LogP contribution in [0.1, 0.15) is 51.3 Å². The van der Waals surface area contributed by atoms with Gasteiger partial charge in [-0.15, -0.1) is 0 Å². The Balaban J connectivity index is 2.18. The highest BCUT2D eigenvalue weighted by Gasteiger charge is 2.32. The molecule has 0 fully saturated rings. The van der Waals surface area contributed by atoms with E-state index in [1.54, 1.807) is 24.3 Å². The average molecular weight is 456 g/mol. The molecule has 7 heteroatoms. The van der Waals surface area contributed by atoms with Gasteiger partial charge in [0.05, 0.1) is 17.2 Å². The van der Waals surface area contributed by atoms with Crippen LogP contribution in [0.3, 0.4) is 0 Å². The quantitative estimate of drug-likeness (QED) is 0.573. The van der Waals surface area contributed by atoms with Crippen LogP contribution < -0.4 is 4.90 Å². The van der Waals surface area contributed by atoms with Gasteiger partial charge in [-0.25, -0.2) is 0 Å². The van der Waals surface area contributed by atoms with Crippen LogP contribution >= 0.6 is 11.8 Å². The second kappa shape index (κ2) is 8.64. The zero-order valence-electron chi connectivity index (χ0n) is 19.0. The SMILES string of the molecule is CC(C)(C)c1cc(C=C2Sc3ccccc3N(CC(=O)O)C2=O)cc(C(C)(C)CO)c1O. The molecule has 1 amide bonds. The lowest BCUT2D eigenvalue weighted by atomic mass is 9.78. The largest absolute Gasteiger partial charge is 0.507 e. The lowest BCUT2D eigenvalue weighted by molar-refractivity contribution is -0.136. The first-order valence-electron chi connectivity index (χ1n) is 10.4. The number of hydrogen-bond donors (Lipinski definition) is 3. The molecule has 32 heavy (non-hydrogen) atoms. The van der Waals surface area contributed by atoms with Crippen molar-refractivity contribution in [3.63, 3.8) is 0 Å². The summed E-state index contributed by atoms with van der Waals surface area (Å²) in [5, 5.41) is 30.2. The van der Waals surface area contributed by atoms with Crippen molar-refractivity contribution in [2.45, 2.75) is 50.3 Å². The summed E-state index contributed by atoms with van der Waals surface area (Å²) in [4.78, 5) is 27.1. The van der Waals surface area contributed by atoms with Crippen LogP contribution in [0.15, 0.2) is 46.2 Å². The van der Waals surface area contributed by atoms with Crippen LogP contribution in [-0.2, 0) is 20.4 Å². The highest BCUT2D eigenvalue weighted by Crippen LogP contribution is 2.44. The number of anilines is 1. The summed E-state index contributed by atoms with van der Waals surface area (Å²) in [6.07, 6.45) is 1.73. The number of aromatic hydroxyl groups is 1. The summed E-state index contributed by atoms with van der Waals surface area (Å²) in [7, 11) is 0. The number of para-hydroxylation sites is 1. The number of thioether (sulfide) groups is 1. The Labute approximate surface area is 192 Å². The number of phenols is 1. The number of hydrogen-bond acceptors (Lipinski definition) is 5. The number of amides is 1. The molecule has 170 valence electrons. The minimum Gasteiger partial charge on any atom is -0.507 e. The van der Waals surface area contributed by atoms with E-state index in [9.17, 15) is 24.9 Å². The summed E-state index contributed by atoms with van der Waals surface area (Å²) in [6.45, 7) is 9.06. The number of carbonyl (C=O) groups is 2. The van der Waals surface area contributed by atoms with E-state index in [0.29, 0.717) is 27.3 Å². The Morgan fingerprint density at radius 2 is 1.72 bits per heavy atom. The molecule has 0 saturated carbocycles. The van der Waals surface area contributed by atoms with Gasteiger partial charge in [0, 0.05) is 21.4 Å². The first-order chi connectivity index (χ1) is 14.8. The third-order valence-electron chi connectivity index (χ3n) is 5.49. The van der Waals surface area contributed by atoms with Crippen molar-refractivity contribution in [1.29, 1.82) is 0 Å². The zero-order chi connectivity index (χ0) is 23.8. The van der Waals surface area contributed by atoms with Crippen molar-refractivity contribution in [2.24, 2.45) is 0 Å². The number of aliphatic carboxylic acids is 1. The maximum atomic E-state index is 13.2. The van der Waals surface area contributed by atoms with Crippen LogP contribution in [0.2, 0.25) is 0 Å². The number of fused-ring (bicyclic) bond motifs is 1. The van der Waals surface area contributed by atoms with E-state index in [-0.39, 0.29) is 23.7 Å². The maximum absolute atomic E-state index is 13.2. The Morgan fingerprint density at radius 1 is 1.09 bits per heavy atom. The fourth-order valence-electron chi connectivity index (χ4n) is 3.62. The molecule has 1 heterocycles. The summed E-state index contributed by atoms with van der Waals surface area (Å²) in [5.74, 6) is -1.34. The van der Waals surface area contributed by atoms with Crippen LogP contribution in [0.5, 0.6) is 5.75 Å². The smallest absolute Gasteiger partial charge is 0.323 e. The normalized spacial score (nSPS) is 15.8. The molecule has 0 aromatic heterocycles. The number of aliphatic hydroxyl groups is 1. The molecule has 0 spiro atoms. The van der Waals surface area contributed by atoms with E-state index in [0.717, 1.165) is 4.90 Å². The Bertz CT molecular complexity index is 1100. The molecule has 3 rings (SSSR count). The van der Waals surface area contributed by atoms with E-state index in [1.165, 1.54) is 16.7 Å². The highest BCUT2D eigenvalue weighted by molar-refractivity contribution is 8.04. The molecule has 0 radical (unpaired) electrons. The average Bonchev–Trinajstić information content (AvgIpc) is 2.71. The van der Waals surface area contributed by atoms with E-state index in [4.69, 9.17) is 0 Å². The molecule has 0 saturated heterocycles. The van der Waals surface area contributed by atoms with Gasteiger partial charge < -0.3 is 15.3 Å². The molecule has 2 aromatic carbocycles. The van der Waals surface area contributed by atoms with Gasteiger partial charge in [-0.1, -0.05) is 58.5 Å². The number of aliphatic hydroxyl groups excluding tert-OH is 1. The van der Waals surface area contributed by atoms with Gasteiger partial charge in [-0.05, 0) is 41.3 Å². The van der Waals surface area contributed by atoms with Crippen molar-refractivity contribution in [3.8, 4) is 5.75 Å². The molecule has 0 bridgehead atoms. The summed E-state index contributed by atoms with van der Waals surface area (Å²) < 4.78 is 0. The number of phenolic OH excluding ortho intramolecular Hbond substituents is 1. The Kier molecular flexibility index (Phi) is 6.45. The predicted octanol–water partition coefficient (Wildman–Crippen LogP) is 4.52. The molecule has 6 nitrogen and oxygen atoms in total. The van der Waals surface area contributed by atoms with Crippen molar-refractivity contribution in [2.75, 3.05) is 18.1 Å². The highest BCUT2D eigenvalue weighted by atomic mass is 32.2. The van der Waals surface area contributed by atoms with Gasteiger partial charge in [0.25, 0.3) is 5.91 Å². The van der Waals surface area contributed by atoms with Crippen LogP contribution in [-0.4, -0.2) is 40.3 Å². The topological polar surface area (TPSA) is 98.1 Å². The van der Waals surface area contributed by atoms with Gasteiger partial charge in [0.15, 0.2) is 0 Å². The first-order valence-corrected chi connectivity index (χ1v) is 11.2. The molecule has 3 N–H and O–H groups in total. The predicted molar refractivity (Wildman–Crippen MR) is 127 cm³/mol. The minimum absolute atomic E-state index is 0.138. The summed E-state index contributed by atoms with van der Waals surface area (Å²) in [5.41, 5.74) is 1.52. The zero-order valence-corrected chi connectivity index (χ0v) is 19.8. The molecular formula is C25H29NO5S. The second-order valence-electron chi connectivity index (χ2n) is 9.62. The lowest BCUT2D eigenvalue weighted by Gasteiger charge is -2.30. The molecule has 2 aromatic rings. The van der Waals surface area contributed by atoms with Gasteiger partial charge in [-0.2, -0.15) is 0 Å². The fourth-order valence-corrected chi connectivity index (χ4v) is 4.68. The number of rotatable bonds is 5. The monoisotopic (exact) mass is 455 g/mol. The lowest BCUT2D eigenvalue weighted by Crippen LogP contribution is -2.38. The Hall–Kier alpha value is -2.77. The van der Waals surface area contributed by atoms with E-state index < -0.39 is 17.9 Å². The van der Waals surface area contributed by atoms with Crippen LogP contribution in [0.4, 0.5) is 5.69 Å². The maximum Gasteiger partial charge on any atom is 0.323 e. The molecule has 0 atom stereocenters. The van der Waals surface area contributed by atoms with Crippen LogP contribution in [0.25, 0.3) is 6.08 Å². The third kappa shape index (κ3) is 4.69. The molecule has 0 aliphatic carbocycles. The summed E-state index contributed by atoms with van der Waals surface area (Å²) in [6, 6.07) is 10.8. The van der Waals surface area contributed by atoms with Gasteiger partial charge >= 0.3 is 5.97 Å². The van der Waals surface area contributed by atoms with Crippen molar-refractivity contribution >= 4 is 35.4 Å². The van der Waals surface area contributed by atoms with Gasteiger partial charge in [0.2, 0.25) is 0 Å². The van der Waals surface area contributed by atoms with E-state index in [2.05, 4.69) is 0 Å². The third-order valence-corrected chi connectivity index (χ3v) is 6.57. The van der Waals surface area contributed by atoms with Crippen molar-refractivity contribution < 1.29 is 24.9 Å². The van der Waals surface area contributed by atoms with E-state index >= 15 is 0 Å². The van der Waals surface area contributed by atoms with Crippen LogP contribution in [0, 0.1) is 0 Å².